The summed E-state index contributed by atoms with van der Waals surface area (Å²) in [6.45, 7) is 6.91. The van der Waals surface area contributed by atoms with Crippen molar-refractivity contribution in [3.8, 4) is 0 Å². The summed E-state index contributed by atoms with van der Waals surface area (Å²) in [4.78, 5) is 18.9. The van der Waals surface area contributed by atoms with E-state index in [0.29, 0.717) is 29.6 Å². The minimum atomic E-state index is -0.265. The van der Waals surface area contributed by atoms with Gasteiger partial charge in [0.2, 0.25) is 0 Å². The maximum absolute atomic E-state index is 12.6. The lowest BCUT2D eigenvalue weighted by Gasteiger charge is -2.28. The van der Waals surface area contributed by atoms with Crippen molar-refractivity contribution in [2.24, 2.45) is 0 Å². The molecule has 2 heterocycles. The van der Waals surface area contributed by atoms with Gasteiger partial charge < -0.3 is 15.0 Å². The summed E-state index contributed by atoms with van der Waals surface area (Å²) >= 11 is 6.26. The number of aryl methyl sites for hydroxylation is 2. The molecule has 6 heteroatoms. The van der Waals surface area contributed by atoms with Crippen LogP contribution in [0.3, 0.4) is 0 Å². The van der Waals surface area contributed by atoms with E-state index in [2.05, 4.69) is 15.2 Å². The van der Waals surface area contributed by atoms with Gasteiger partial charge >= 0.3 is 0 Å². The maximum atomic E-state index is 12.6. The number of carbonyl (C=O) groups excluding carboxylic acids is 1. The Morgan fingerprint density at radius 3 is 2.71 bits per heavy atom. The van der Waals surface area contributed by atoms with Crippen molar-refractivity contribution in [2.45, 2.75) is 13.8 Å². The van der Waals surface area contributed by atoms with Gasteiger partial charge in [0.1, 0.15) is 5.69 Å². The number of rotatable bonds is 3. The van der Waals surface area contributed by atoms with Crippen LogP contribution in [0.25, 0.3) is 0 Å². The Morgan fingerprint density at radius 1 is 1.25 bits per heavy atom. The molecule has 1 saturated heterocycles. The molecule has 0 atom stereocenters. The number of aromatic nitrogens is 1. The first-order chi connectivity index (χ1) is 11.5. The van der Waals surface area contributed by atoms with Gasteiger partial charge in [-0.05, 0) is 43.2 Å². The Bertz CT molecular complexity index is 735. The van der Waals surface area contributed by atoms with Crippen LogP contribution in [-0.4, -0.2) is 37.2 Å². The van der Waals surface area contributed by atoms with Crippen LogP contribution in [0.5, 0.6) is 0 Å². The van der Waals surface area contributed by atoms with E-state index in [4.69, 9.17) is 16.3 Å². The first kappa shape index (κ1) is 16.7. The summed E-state index contributed by atoms with van der Waals surface area (Å²) in [7, 11) is 0. The fourth-order valence-electron chi connectivity index (χ4n) is 2.81. The fourth-order valence-corrected chi connectivity index (χ4v) is 3.18. The number of anilines is 2. The van der Waals surface area contributed by atoms with Gasteiger partial charge in [-0.3, -0.25) is 9.78 Å². The second-order valence-electron chi connectivity index (χ2n) is 5.89. The smallest absolute Gasteiger partial charge is 0.274 e. The highest BCUT2D eigenvalue weighted by Gasteiger charge is 2.16. The van der Waals surface area contributed by atoms with Gasteiger partial charge in [-0.25, -0.2) is 0 Å². The fraction of sp³-hybridized carbons (Fsp3) is 0.333. The first-order valence-electron chi connectivity index (χ1n) is 7.91. The van der Waals surface area contributed by atoms with E-state index in [9.17, 15) is 4.79 Å². The molecule has 126 valence electrons. The zero-order valence-electron chi connectivity index (χ0n) is 13.8. The lowest BCUT2D eigenvalue weighted by atomic mass is 10.1. The molecular weight excluding hydrogens is 326 g/mol. The molecule has 1 amide bonds. The number of nitrogens with zero attached hydrogens (tertiary/aromatic N) is 2. The summed E-state index contributed by atoms with van der Waals surface area (Å²) in [6, 6.07) is 7.53. The molecule has 1 aliphatic rings. The number of morpholine rings is 1. The predicted octanol–water partition coefficient (Wildman–Crippen LogP) is 3.44. The Morgan fingerprint density at radius 2 is 2.00 bits per heavy atom. The molecule has 0 bridgehead atoms. The molecule has 1 fully saturated rings. The van der Waals surface area contributed by atoms with Crippen molar-refractivity contribution in [3.05, 3.63) is 52.3 Å². The minimum Gasteiger partial charge on any atom is -0.378 e. The van der Waals surface area contributed by atoms with E-state index in [-0.39, 0.29) is 5.91 Å². The van der Waals surface area contributed by atoms with Gasteiger partial charge in [-0.1, -0.05) is 17.7 Å². The van der Waals surface area contributed by atoms with Crippen LogP contribution in [0.15, 0.2) is 30.5 Å². The van der Waals surface area contributed by atoms with Crippen molar-refractivity contribution in [1.29, 1.82) is 0 Å². The number of amides is 1. The van der Waals surface area contributed by atoms with Crippen LogP contribution in [0.2, 0.25) is 5.02 Å². The SMILES string of the molecule is Cc1cc(C)c(NC(=O)c2cc(N3CCOCC3)ccn2)c(Cl)c1. The molecule has 1 N–H and O–H groups in total. The molecule has 0 saturated carbocycles. The molecule has 3 rings (SSSR count). The van der Waals surface area contributed by atoms with Gasteiger partial charge in [-0.15, -0.1) is 0 Å². The summed E-state index contributed by atoms with van der Waals surface area (Å²) in [5.74, 6) is -0.265. The van der Waals surface area contributed by atoms with Crippen LogP contribution >= 0.6 is 11.6 Å². The highest BCUT2D eigenvalue weighted by Crippen LogP contribution is 2.28. The van der Waals surface area contributed by atoms with Gasteiger partial charge in [0.25, 0.3) is 5.91 Å². The number of pyridine rings is 1. The minimum absolute atomic E-state index is 0.265. The molecule has 2 aromatic rings. The molecule has 1 aromatic carbocycles. The zero-order valence-corrected chi connectivity index (χ0v) is 14.6. The molecule has 24 heavy (non-hydrogen) atoms. The number of hydrogen-bond acceptors (Lipinski definition) is 4. The number of halogens is 1. The maximum Gasteiger partial charge on any atom is 0.274 e. The summed E-state index contributed by atoms with van der Waals surface area (Å²) < 4.78 is 5.36. The Kier molecular flexibility index (Phi) is 5.02. The van der Waals surface area contributed by atoms with Crippen molar-refractivity contribution in [1.82, 2.24) is 4.98 Å². The number of nitrogens with one attached hydrogen (secondary N) is 1. The topological polar surface area (TPSA) is 54.5 Å². The van der Waals surface area contributed by atoms with Crippen LogP contribution in [0.4, 0.5) is 11.4 Å². The van der Waals surface area contributed by atoms with Crippen LogP contribution < -0.4 is 10.2 Å². The second kappa shape index (κ2) is 7.20. The van der Waals surface area contributed by atoms with Gasteiger partial charge in [-0.2, -0.15) is 0 Å². The largest absolute Gasteiger partial charge is 0.378 e. The normalized spacial score (nSPS) is 14.5. The average molecular weight is 346 g/mol. The number of hydrogen-bond donors (Lipinski definition) is 1. The van der Waals surface area contributed by atoms with E-state index in [1.807, 2.05) is 32.0 Å². The summed E-state index contributed by atoms with van der Waals surface area (Å²) in [6.07, 6.45) is 1.66. The van der Waals surface area contributed by atoms with E-state index in [1.165, 1.54) is 0 Å². The number of benzene rings is 1. The molecule has 0 radical (unpaired) electrons. The lowest BCUT2D eigenvalue weighted by Crippen LogP contribution is -2.36. The number of carbonyl (C=O) groups is 1. The van der Waals surface area contributed by atoms with Crippen molar-refractivity contribution in [2.75, 3.05) is 36.5 Å². The average Bonchev–Trinajstić information content (AvgIpc) is 2.59. The highest BCUT2D eigenvalue weighted by molar-refractivity contribution is 6.34. The molecule has 5 nitrogen and oxygen atoms in total. The Hall–Kier alpha value is -2.11. The van der Waals surface area contributed by atoms with Crippen molar-refractivity contribution >= 4 is 28.9 Å². The van der Waals surface area contributed by atoms with E-state index in [0.717, 1.165) is 29.9 Å². The third-order valence-corrected chi connectivity index (χ3v) is 4.32. The van der Waals surface area contributed by atoms with Gasteiger partial charge in [0, 0.05) is 25.0 Å². The molecule has 0 aliphatic carbocycles. The van der Waals surface area contributed by atoms with Crippen molar-refractivity contribution in [3.63, 3.8) is 0 Å². The van der Waals surface area contributed by atoms with Crippen LogP contribution in [0, 0.1) is 13.8 Å². The molecule has 1 aromatic heterocycles. The van der Waals surface area contributed by atoms with Crippen LogP contribution in [0.1, 0.15) is 21.6 Å². The van der Waals surface area contributed by atoms with Gasteiger partial charge in [0.15, 0.2) is 0 Å². The zero-order chi connectivity index (χ0) is 17.1. The van der Waals surface area contributed by atoms with E-state index < -0.39 is 0 Å². The molecule has 0 spiro atoms. The number of ether oxygens (including phenoxy) is 1. The first-order valence-corrected chi connectivity index (χ1v) is 8.29. The lowest BCUT2D eigenvalue weighted by molar-refractivity contribution is 0.102. The summed E-state index contributed by atoms with van der Waals surface area (Å²) in [5.41, 5.74) is 3.96. The second-order valence-corrected chi connectivity index (χ2v) is 6.30. The third kappa shape index (κ3) is 3.68. The van der Waals surface area contributed by atoms with Crippen LogP contribution in [-0.2, 0) is 4.74 Å². The highest BCUT2D eigenvalue weighted by atomic mass is 35.5. The third-order valence-electron chi connectivity index (χ3n) is 4.02. The molecular formula is C18H20ClN3O2. The molecule has 1 aliphatic heterocycles. The van der Waals surface area contributed by atoms with E-state index in [1.54, 1.807) is 12.3 Å². The monoisotopic (exact) mass is 345 g/mol. The molecule has 0 unspecified atom stereocenters. The predicted molar refractivity (Wildman–Crippen MR) is 96.1 cm³/mol. The summed E-state index contributed by atoms with van der Waals surface area (Å²) in [5, 5.41) is 3.41. The van der Waals surface area contributed by atoms with Crippen molar-refractivity contribution < 1.29 is 9.53 Å². The Balaban J connectivity index is 1.80. The Labute approximate surface area is 146 Å². The van der Waals surface area contributed by atoms with E-state index >= 15 is 0 Å². The quantitative estimate of drug-likeness (QED) is 0.925. The van der Waals surface area contributed by atoms with Gasteiger partial charge in [0.05, 0.1) is 23.9 Å². The standard InChI is InChI=1S/C18H20ClN3O2/c1-12-9-13(2)17(15(19)10-12)21-18(23)16-11-14(3-4-20-16)22-5-7-24-8-6-22/h3-4,9-11H,5-8H2,1-2H3,(H,21,23).